The molecular weight excluding hydrogens is 416 g/mol. The number of anilines is 1. The minimum absolute atomic E-state index is 0.0492. The third-order valence-electron chi connectivity index (χ3n) is 2.61. The van der Waals surface area contributed by atoms with Crippen LogP contribution in [0.25, 0.3) is 0 Å². The summed E-state index contributed by atoms with van der Waals surface area (Å²) in [6.07, 6.45) is 0. The zero-order valence-corrected chi connectivity index (χ0v) is 14.4. The summed E-state index contributed by atoms with van der Waals surface area (Å²) in [5.74, 6) is -1.09. The van der Waals surface area contributed by atoms with Crippen molar-refractivity contribution in [3.8, 4) is 0 Å². The van der Waals surface area contributed by atoms with Gasteiger partial charge in [0.05, 0.1) is 16.4 Å². The number of aryl methyl sites for hydroxylation is 2. The smallest absolute Gasteiger partial charge is 0.275 e. The van der Waals surface area contributed by atoms with Crippen LogP contribution >= 0.6 is 43.5 Å². The molecule has 0 spiro atoms. The van der Waals surface area contributed by atoms with Crippen molar-refractivity contribution in [1.82, 2.24) is 9.78 Å². The van der Waals surface area contributed by atoms with E-state index in [1.807, 2.05) is 0 Å². The lowest BCUT2D eigenvalue weighted by molar-refractivity contribution is 0.101. The van der Waals surface area contributed by atoms with E-state index in [1.165, 1.54) is 10.7 Å². The van der Waals surface area contributed by atoms with Gasteiger partial charge in [0, 0.05) is 16.0 Å². The lowest BCUT2D eigenvalue weighted by Crippen LogP contribution is -2.17. The minimum Gasteiger partial charge on any atom is -0.317 e. The van der Waals surface area contributed by atoms with Crippen molar-refractivity contribution in [3.05, 3.63) is 43.3 Å². The number of hydrogen-bond donors (Lipinski definition) is 1. The quantitative estimate of drug-likeness (QED) is 0.780. The molecule has 0 aliphatic heterocycles. The van der Waals surface area contributed by atoms with Crippen LogP contribution in [0.2, 0.25) is 5.02 Å². The molecule has 4 nitrogen and oxygen atoms in total. The Morgan fingerprint density at radius 3 is 2.60 bits per heavy atom. The van der Waals surface area contributed by atoms with E-state index >= 15 is 0 Å². The van der Waals surface area contributed by atoms with Crippen LogP contribution in [0.4, 0.5) is 10.1 Å². The van der Waals surface area contributed by atoms with Crippen LogP contribution < -0.4 is 5.32 Å². The number of amides is 1. The molecule has 8 heteroatoms. The van der Waals surface area contributed by atoms with Crippen LogP contribution in [0.15, 0.2) is 21.1 Å². The molecule has 0 unspecified atom stereocenters. The van der Waals surface area contributed by atoms with Crippen LogP contribution in [0.5, 0.6) is 0 Å². The van der Waals surface area contributed by atoms with Gasteiger partial charge in [-0.05, 0) is 35.0 Å². The fraction of sp³-hybridized carbons (Fsp3) is 0.167. The van der Waals surface area contributed by atoms with Crippen molar-refractivity contribution in [2.24, 2.45) is 7.05 Å². The first-order valence-electron chi connectivity index (χ1n) is 5.46. The number of halogens is 4. The molecule has 106 valence electrons. The summed E-state index contributed by atoms with van der Waals surface area (Å²) in [7, 11) is 1.60. The highest BCUT2D eigenvalue weighted by Crippen LogP contribution is 2.30. The highest BCUT2D eigenvalue weighted by molar-refractivity contribution is 9.11. The Labute approximate surface area is 136 Å². The van der Waals surface area contributed by atoms with Crippen LogP contribution in [0, 0.1) is 12.7 Å². The molecule has 1 amide bonds. The van der Waals surface area contributed by atoms with Gasteiger partial charge in [-0.3, -0.25) is 9.48 Å². The molecule has 0 fully saturated rings. The molecule has 0 aliphatic rings. The molecule has 2 rings (SSSR count). The standard InChI is InChI=1S/C12H9Br2ClFN3O/c1-5-9(15)11(19(2)18-5)12(20)17-10-7(14)3-6(13)4-8(10)16/h3-4H,1-2H3,(H,17,20). The van der Waals surface area contributed by atoms with Crippen molar-refractivity contribution < 1.29 is 9.18 Å². The Bertz CT molecular complexity index is 679. The highest BCUT2D eigenvalue weighted by Gasteiger charge is 2.21. The van der Waals surface area contributed by atoms with Gasteiger partial charge in [-0.2, -0.15) is 5.10 Å². The maximum Gasteiger partial charge on any atom is 0.275 e. The van der Waals surface area contributed by atoms with Gasteiger partial charge in [-0.25, -0.2) is 4.39 Å². The Hall–Kier alpha value is -0.920. The maximum absolute atomic E-state index is 13.9. The van der Waals surface area contributed by atoms with E-state index in [0.29, 0.717) is 14.6 Å². The van der Waals surface area contributed by atoms with E-state index in [-0.39, 0.29) is 16.4 Å². The Morgan fingerprint density at radius 1 is 1.45 bits per heavy atom. The van der Waals surface area contributed by atoms with Crippen molar-refractivity contribution in [2.75, 3.05) is 5.32 Å². The normalized spacial score (nSPS) is 10.7. The molecule has 0 saturated heterocycles. The molecule has 2 aromatic rings. The fourth-order valence-electron chi connectivity index (χ4n) is 1.71. The van der Waals surface area contributed by atoms with E-state index in [2.05, 4.69) is 42.3 Å². The lowest BCUT2D eigenvalue weighted by atomic mass is 10.3. The number of hydrogen-bond acceptors (Lipinski definition) is 2. The van der Waals surface area contributed by atoms with Gasteiger partial charge in [0.2, 0.25) is 0 Å². The molecule has 1 aromatic carbocycles. The summed E-state index contributed by atoms with van der Waals surface area (Å²) in [6, 6.07) is 2.89. The first kappa shape index (κ1) is 15.5. The molecule has 1 heterocycles. The Morgan fingerprint density at radius 2 is 2.10 bits per heavy atom. The Balaban J connectivity index is 2.38. The predicted molar refractivity (Wildman–Crippen MR) is 82.7 cm³/mol. The van der Waals surface area contributed by atoms with E-state index in [1.54, 1.807) is 20.0 Å². The SMILES string of the molecule is Cc1nn(C)c(C(=O)Nc2c(F)cc(Br)cc2Br)c1Cl. The van der Waals surface area contributed by atoms with E-state index in [4.69, 9.17) is 11.6 Å². The van der Waals surface area contributed by atoms with Gasteiger partial charge in [-0.1, -0.05) is 27.5 Å². The van der Waals surface area contributed by atoms with Crippen LogP contribution in [-0.4, -0.2) is 15.7 Å². The highest BCUT2D eigenvalue weighted by atomic mass is 79.9. The molecule has 20 heavy (non-hydrogen) atoms. The molecule has 0 aliphatic carbocycles. The van der Waals surface area contributed by atoms with Gasteiger partial charge in [0.1, 0.15) is 11.5 Å². The minimum atomic E-state index is -0.561. The van der Waals surface area contributed by atoms with E-state index in [9.17, 15) is 9.18 Å². The lowest BCUT2D eigenvalue weighted by Gasteiger charge is -2.09. The predicted octanol–water partition coefficient (Wildman–Crippen LogP) is 4.30. The molecule has 0 atom stereocenters. The van der Waals surface area contributed by atoms with Crippen molar-refractivity contribution in [2.45, 2.75) is 6.92 Å². The van der Waals surface area contributed by atoms with Crippen molar-refractivity contribution >= 4 is 55.1 Å². The number of carbonyl (C=O) groups excluding carboxylic acids is 1. The summed E-state index contributed by atoms with van der Waals surface area (Å²) in [6.45, 7) is 1.69. The average Bonchev–Trinajstić information content (AvgIpc) is 2.58. The van der Waals surface area contributed by atoms with E-state index < -0.39 is 11.7 Å². The molecule has 1 aromatic heterocycles. The number of aromatic nitrogens is 2. The summed E-state index contributed by atoms with van der Waals surface area (Å²) in [4.78, 5) is 12.2. The zero-order chi connectivity index (χ0) is 15.0. The molecule has 0 radical (unpaired) electrons. The fourth-order valence-corrected chi connectivity index (χ4v) is 3.23. The van der Waals surface area contributed by atoms with E-state index in [0.717, 1.165) is 0 Å². The first-order chi connectivity index (χ1) is 9.31. The second-order valence-electron chi connectivity index (χ2n) is 4.07. The molecular formula is C12H9Br2ClFN3O. The third-order valence-corrected chi connectivity index (χ3v) is 4.15. The second kappa shape index (κ2) is 5.83. The zero-order valence-electron chi connectivity index (χ0n) is 10.5. The van der Waals surface area contributed by atoms with Crippen molar-refractivity contribution in [1.29, 1.82) is 0 Å². The van der Waals surface area contributed by atoms with Gasteiger partial charge in [0.25, 0.3) is 5.91 Å². The molecule has 0 bridgehead atoms. The van der Waals surface area contributed by atoms with Crippen LogP contribution in [0.1, 0.15) is 16.2 Å². The van der Waals surface area contributed by atoms with Crippen LogP contribution in [-0.2, 0) is 7.05 Å². The first-order valence-corrected chi connectivity index (χ1v) is 7.42. The topological polar surface area (TPSA) is 46.9 Å². The number of carbonyl (C=O) groups is 1. The monoisotopic (exact) mass is 423 g/mol. The largest absolute Gasteiger partial charge is 0.317 e. The summed E-state index contributed by atoms with van der Waals surface area (Å²) in [5, 5.41) is 6.78. The molecule has 1 N–H and O–H groups in total. The van der Waals surface area contributed by atoms with Gasteiger partial charge < -0.3 is 5.32 Å². The van der Waals surface area contributed by atoms with Gasteiger partial charge >= 0.3 is 0 Å². The van der Waals surface area contributed by atoms with Gasteiger partial charge in [-0.15, -0.1) is 0 Å². The third kappa shape index (κ3) is 2.89. The van der Waals surface area contributed by atoms with Crippen LogP contribution in [0.3, 0.4) is 0 Å². The summed E-state index contributed by atoms with van der Waals surface area (Å²) < 4.78 is 16.2. The Kier molecular flexibility index (Phi) is 4.51. The van der Waals surface area contributed by atoms with Gasteiger partial charge in [0.15, 0.2) is 0 Å². The van der Waals surface area contributed by atoms with Crippen molar-refractivity contribution in [3.63, 3.8) is 0 Å². The maximum atomic E-state index is 13.9. The number of rotatable bonds is 2. The average molecular weight is 425 g/mol. The number of benzene rings is 1. The second-order valence-corrected chi connectivity index (χ2v) is 6.22. The molecule has 0 saturated carbocycles. The number of nitrogens with one attached hydrogen (secondary N) is 1. The number of nitrogens with zero attached hydrogens (tertiary/aromatic N) is 2. The summed E-state index contributed by atoms with van der Waals surface area (Å²) in [5.41, 5.74) is 0.765. The summed E-state index contributed by atoms with van der Waals surface area (Å²) >= 11 is 12.4.